The monoisotopic (exact) mass is 305 g/mol. The number of anilines is 1. The average Bonchev–Trinajstić information content (AvgIpc) is 3.31. The van der Waals surface area contributed by atoms with Crippen molar-refractivity contribution in [1.82, 2.24) is 5.32 Å². The lowest BCUT2D eigenvalue weighted by atomic mass is 9.95. The molecular formula is C15H19N3O2S. The lowest BCUT2D eigenvalue weighted by molar-refractivity contribution is -0.113. The molecule has 2 aliphatic rings. The van der Waals surface area contributed by atoms with Gasteiger partial charge < -0.3 is 16.4 Å². The van der Waals surface area contributed by atoms with Crippen LogP contribution in [0.15, 0.2) is 23.1 Å². The van der Waals surface area contributed by atoms with E-state index in [2.05, 4.69) is 10.6 Å². The van der Waals surface area contributed by atoms with Gasteiger partial charge in [0.25, 0.3) is 5.91 Å². The molecule has 1 saturated carbocycles. The van der Waals surface area contributed by atoms with Crippen molar-refractivity contribution >= 4 is 29.3 Å². The first-order chi connectivity index (χ1) is 10.0. The Morgan fingerprint density at radius 1 is 1.52 bits per heavy atom. The smallest absolute Gasteiger partial charge is 0.251 e. The maximum atomic E-state index is 12.4. The molecule has 4 N–H and O–H groups in total. The van der Waals surface area contributed by atoms with Gasteiger partial charge in [-0.1, -0.05) is 0 Å². The van der Waals surface area contributed by atoms with Crippen molar-refractivity contribution in [2.45, 2.75) is 30.2 Å². The van der Waals surface area contributed by atoms with E-state index in [1.165, 1.54) is 11.8 Å². The zero-order valence-corrected chi connectivity index (χ0v) is 12.8. The van der Waals surface area contributed by atoms with Crippen LogP contribution in [0.25, 0.3) is 0 Å². The molecule has 5 nitrogen and oxygen atoms in total. The van der Waals surface area contributed by atoms with E-state index in [4.69, 9.17) is 5.73 Å². The lowest BCUT2D eigenvalue weighted by Gasteiger charge is -2.29. The number of thioether (sulfide) groups is 1. The van der Waals surface area contributed by atoms with E-state index in [1.54, 1.807) is 12.1 Å². The highest BCUT2D eigenvalue weighted by Gasteiger charge is 2.41. The Balaban J connectivity index is 1.78. The van der Waals surface area contributed by atoms with Crippen molar-refractivity contribution in [3.63, 3.8) is 0 Å². The summed E-state index contributed by atoms with van der Waals surface area (Å²) in [6.45, 7) is 2.43. The summed E-state index contributed by atoms with van der Waals surface area (Å²) < 4.78 is 0. The Morgan fingerprint density at radius 2 is 2.29 bits per heavy atom. The van der Waals surface area contributed by atoms with Gasteiger partial charge in [-0.05, 0) is 43.9 Å². The molecule has 1 aromatic carbocycles. The van der Waals surface area contributed by atoms with Crippen LogP contribution in [0.3, 0.4) is 0 Å². The van der Waals surface area contributed by atoms with Gasteiger partial charge in [0.15, 0.2) is 0 Å². The van der Waals surface area contributed by atoms with Crippen LogP contribution in [0.2, 0.25) is 0 Å². The molecule has 1 unspecified atom stereocenters. The van der Waals surface area contributed by atoms with Crippen LogP contribution in [0, 0.1) is 5.92 Å². The average molecular weight is 305 g/mol. The van der Waals surface area contributed by atoms with E-state index in [0.717, 1.165) is 17.7 Å². The summed E-state index contributed by atoms with van der Waals surface area (Å²) in [7, 11) is 0. The molecule has 1 aliphatic carbocycles. The van der Waals surface area contributed by atoms with Crippen LogP contribution in [0.5, 0.6) is 0 Å². The summed E-state index contributed by atoms with van der Waals surface area (Å²) in [5, 5.41) is 5.86. The van der Waals surface area contributed by atoms with Gasteiger partial charge in [-0.3, -0.25) is 9.59 Å². The molecule has 1 aliphatic heterocycles. The van der Waals surface area contributed by atoms with Gasteiger partial charge in [0, 0.05) is 17.0 Å². The Labute approximate surface area is 128 Å². The Bertz CT molecular complexity index is 601. The fraction of sp³-hybridized carbons (Fsp3) is 0.467. The fourth-order valence-electron chi connectivity index (χ4n) is 2.60. The van der Waals surface area contributed by atoms with E-state index in [-0.39, 0.29) is 17.4 Å². The van der Waals surface area contributed by atoms with Crippen molar-refractivity contribution in [2.75, 3.05) is 17.6 Å². The quantitative estimate of drug-likeness (QED) is 0.788. The van der Waals surface area contributed by atoms with Crippen LogP contribution in [0.4, 0.5) is 5.69 Å². The minimum absolute atomic E-state index is 0.0326. The number of amides is 2. The largest absolute Gasteiger partial charge is 0.345 e. The van der Waals surface area contributed by atoms with Crippen molar-refractivity contribution in [1.29, 1.82) is 0 Å². The van der Waals surface area contributed by atoms with Gasteiger partial charge in [-0.15, -0.1) is 11.8 Å². The van der Waals surface area contributed by atoms with Gasteiger partial charge in [0.1, 0.15) is 0 Å². The van der Waals surface area contributed by atoms with Gasteiger partial charge in [0.05, 0.1) is 17.0 Å². The molecule has 112 valence electrons. The summed E-state index contributed by atoms with van der Waals surface area (Å²) in [4.78, 5) is 24.9. The van der Waals surface area contributed by atoms with Gasteiger partial charge in [0.2, 0.25) is 5.91 Å². The molecule has 1 atom stereocenters. The minimum atomic E-state index is -0.342. The predicted octanol–water partition coefficient (Wildman–Crippen LogP) is 1.59. The lowest BCUT2D eigenvalue weighted by Crippen LogP contribution is -2.53. The molecule has 6 heteroatoms. The number of carbonyl (C=O) groups is 2. The summed E-state index contributed by atoms with van der Waals surface area (Å²) in [6, 6.07) is 5.41. The van der Waals surface area contributed by atoms with E-state index in [0.29, 0.717) is 29.5 Å². The molecule has 0 spiro atoms. The van der Waals surface area contributed by atoms with Gasteiger partial charge in [-0.2, -0.15) is 0 Å². The van der Waals surface area contributed by atoms with E-state index in [1.807, 2.05) is 13.0 Å². The van der Waals surface area contributed by atoms with Crippen LogP contribution in [0.1, 0.15) is 30.1 Å². The molecule has 1 aromatic rings. The number of nitrogens with two attached hydrogens (primary N) is 1. The summed E-state index contributed by atoms with van der Waals surface area (Å²) in [6.07, 6.45) is 2.23. The highest BCUT2D eigenvalue weighted by atomic mass is 32.2. The van der Waals surface area contributed by atoms with Gasteiger partial charge in [-0.25, -0.2) is 0 Å². The van der Waals surface area contributed by atoms with Crippen LogP contribution in [-0.2, 0) is 4.79 Å². The molecule has 1 heterocycles. The second kappa shape index (κ2) is 5.35. The number of nitrogens with one attached hydrogen (secondary N) is 2. The van der Waals surface area contributed by atoms with Crippen LogP contribution in [-0.4, -0.2) is 29.7 Å². The molecule has 0 radical (unpaired) electrons. The first kappa shape index (κ1) is 14.4. The summed E-state index contributed by atoms with van der Waals surface area (Å²) in [5.74, 6) is 0.725. The molecule has 0 bridgehead atoms. The Hall–Kier alpha value is -1.53. The standard InChI is InChI=1S/C15H19N3O2S/c1-15(8-16,10-3-4-10)18-14(20)9-2-5-12-11(6-9)17-13(19)7-21-12/h2,5-6,10H,3-4,7-8,16H2,1H3,(H,17,19)(H,18,20). The number of fused-ring (bicyclic) bond motifs is 1. The fourth-order valence-corrected chi connectivity index (χ4v) is 3.38. The number of rotatable bonds is 4. The van der Waals surface area contributed by atoms with Crippen molar-refractivity contribution in [2.24, 2.45) is 11.7 Å². The van der Waals surface area contributed by atoms with E-state index in [9.17, 15) is 9.59 Å². The molecule has 0 aromatic heterocycles. The number of hydrogen-bond acceptors (Lipinski definition) is 4. The third-order valence-corrected chi connectivity index (χ3v) is 5.25. The molecule has 3 rings (SSSR count). The summed E-state index contributed by atoms with van der Waals surface area (Å²) in [5.41, 5.74) is 6.75. The molecule has 21 heavy (non-hydrogen) atoms. The molecular weight excluding hydrogens is 286 g/mol. The number of carbonyl (C=O) groups excluding carboxylic acids is 2. The molecule has 2 amide bonds. The maximum Gasteiger partial charge on any atom is 0.251 e. The number of benzene rings is 1. The topological polar surface area (TPSA) is 84.2 Å². The van der Waals surface area contributed by atoms with Crippen molar-refractivity contribution in [3.8, 4) is 0 Å². The third kappa shape index (κ3) is 2.91. The zero-order valence-electron chi connectivity index (χ0n) is 11.9. The van der Waals surface area contributed by atoms with Crippen molar-refractivity contribution < 1.29 is 9.59 Å². The minimum Gasteiger partial charge on any atom is -0.345 e. The Morgan fingerprint density at radius 3 is 2.95 bits per heavy atom. The zero-order chi connectivity index (χ0) is 15.0. The predicted molar refractivity (Wildman–Crippen MR) is 83.4 cm³/mol. The van der Waals surface area contributed by atoms with E-state index >= 15 is 0 Å². The molecule has 1 fully saturated rings. The van der Waals surface area contributed by atoms with Crippen LogP contribution < -0.4 is 16.4 Å². The van der Waals surface area contributed by atoms with Crippen LogP contribution >= 0.6 is 11.8 Å². The first-order valence-electron chi connectivity index (χ1n) is 7.11. The highest BCUT2D eigenvalue weighted by Crippen LogP contribution is 2.39. The van der Waals surface area contributed by atoms with Crippen molar-refractivity contribution in [3.05, 3.63) is 23.8 Å². The molecule has 0 saturated heterocycles. The summed E-state index contributed by atoms with van der Waals surface area (Å²) >= 11 is 1.49. The van der Waals surface area contributed by atoms with Gasteiger partial charge >= 0.3 is 0 Å². The first-order valence-corrected chi connectivity index (χ1v) is 8.10. The number of hydrogen-bond donors (Lipinski definition) is 3. The third-order valence-electron chi connectivity index (χ3n) is 4.18. The van der Waals surface area contributed by atoms with E-state index < -0.39 is 0 Å². The SMILES string of the molecule is CC(CN)(NC(=O)c1ccc2c(c1)NC(=O)CS2)C1CC1. The Kier molecular flexibility index (Phi) is 3.67. The second-order valence-corrected chi connectivity index (χ2v) is 6.91. The highest BCUT2D eigenvalue weighted by molar-refractivity contribution is 8.00. The normalized spacial score (nSPS) is 20.2. The second-order valence-electron chi connectivity index (χ2n) is 5.90. The maximum absolute atomic E-state index is 12.4.